The summed E-state index contributed by atoms with van der Waals surface area (Å²) in [5, 5.41) is 11.4. The van der Waals surface area contributed by atoms with Gasteiger partial charge in [-0.1, -0.05) is 12.2 Å². The number of carbonyl (C=O) groups excluding carboxylic acids is 1. The molecule has 2 unspecified atom stereocenters. The third kappa shape index (κ3) is 2.53. The zero-order chi connectivity index (χ0) is 13.1. The minimum absolute atomic E-state index is 0.0998. The molecule has 1 aromatic rings. The van der Waals surface area contributed by atoms with Gasteiger partial charge in [-0.15, -0.1) is 0 Å². The summed E-state index contributed by atoms with van der Waals surface area (Å²) in [4.78, 5) is 26.0. The van der Waals surface area contributed by atoms with Gasteiger partial charge in [-0.25, -0.2) is 4.39 Å². The fourth-order valence-corrected chi connectivity index (χ4v) is 1.79. The van der Waals surface area contributed by atoms with E-state index in [4.69, 9.17) is 5.11 Å². The largest absolute Gasteiger partial charge is 0.481 e. The second kappa shape index (κ2) is 4.95. The highest BCUT2D eigenvalue weighted by molar-refractivity contribution is 5.94. The summed E-state index contributed by atoms with van der Waals surface area (Å²) < 4.78 is 13.3. The van der Waals surface area contributed by atoms with Crippen molar-refractivity contribution in [3.63, 3.8) is 0 Å². The fraction of sp³-hybridized carbons (Fsp3) is 0.250. The van der Waals surface area contributed by atoms with Crippen LogP contribution in [-0.2, 0) is 4.79 Å². The van der Waals surface area contributed by atoms with Crippen LogP contribution in [0.3, 0.4) is 0 Å². The van der Waals surface area contributed by atoms with Crippen molar-refractivity contribution in [3.8, 4) is 0 Å². The first-order valence-corrected chi connectivity index (χ1v) is 5.39. The second-order valence-electron chi connectivity index (χ2n) is 4.00. The molecule has 1 heterocycles. The highest BCUT2D eigenvalue weighted by Crippen LogP contribution is 2.18. The molecule has 6 heteroatoms. The first kappa shape index (κ1) is 12.2. The van der Waals surface area contributed by atoms with Crippen LogP contribution in [0.4, 0.5) is 4.39 Å². The van der Waals surface area contributed by atoms with Crippen LogP contribution < -0.4 is 5.32 Å². The topological polar surface area (TPSA) is 79.3 Å². The number of rotatable bonds is 3. The minimum Gasteiger partial charge on any atom is -0.481 e. The van der Waals surface area contributed by atoms with E-state index in [0.717, 1.165) is 6.20 Å². The number of amides is 1. The molecule has 0 radical (unpaired) electrons. The van der Waals surface area contributed by atoms with Crippen LogP contribution in [0.2, 0.25) is 0 Å². The summed E-state index contributed by atoms with van der Waals surface area (Å²) >= 11 is 0. The van der Waals surface area contributed by atoms with E-state index in [9.17, 15) is 14.0 Å². The van der Waals surface area contributed by atoms with E-state index in [2.05, 4.69) is 10.3 Å². The van der Waals surface area contributed by atoms with E-state index in [0.29, 0.717) is 0 Å². The van der Waals surface area contributed by atoms with E-state index in [1.807, 2.05) is 0 Å². The molecule has 0 bridgehead atoms. The monoisotopic (exact) mass is 250 g/mol. The molecule has 2 rings (SSSR count). The number of pyridine rings is 1. The Hall–Kier alpha value is -2.24. The van der Waals surface area contributed by atoms with Gasteiger partial charge in [0.2, 0.25) is 0 Å². The molecule has 0 aliphatic heterocycles. The number of hydrogen-bond donors (Lipinski definition) is 2. The first-order chi connectivity index (χ1) is 8.58. The quantitative estimate of drug-likeness (QED) is 0.784. The molecule has 94 valence electrons. The number of aliphatic carboxylic acids is 1. The predicted octanol–water partition coefficient (Wildman–Crippen LogP) is 0.980. The van der Waals surface area contributed by atoms with Crippen molar-refractivity contribution in [1.82, 2.24) is 10.3 Å². The molecule has 18 heavy (non-hydrogen) atoms. The lowest BCUT2D eigenvalue weighted by atomic mass is 10.1. The number of aromatic nitrogens is 1. The Morgan fingerprint density at radius 2 is 2.22 bits per heavy atom. The number of halogens is 1. The van der Waals surface area contributed by atoms with Crippen molar-refractivity contribution in [2.24, 2.45) is 5.92 Å². The van der Waals surface area contributed by atoms with Crippen LogP contribution >= 0.6 is 0 Å². The van der Waals surface area contributed by atoms with Gasteiger partial charge in [-0.3, -0.25) is 14.6 Å². The van der Waals surface area contributed by atoms with Crippen LogP contribution in [0, 0.1) is 11.7 Å². The fourth-order valence-electron chi connectivity index (χ4n) is 1.79. The average Bonchev–Trinajstić information content (AvgIpc) is 2.78. The van der Waals surface area contributed by atoms with Crippen molar-refractivity contribution >= 4 is 11.9 Å². The summed E-state index contributed by atoms with van der Waals surface area (Å²) in [5.41, 5.74) is -0.0998. The maximum Gasteiger partial charge on any atom is 0.310 e. The van der Waals surface area contributed by atoms with Crippen LogP contribution in [0.5, 0.6) is 0 Å². The van der Waals surface area contributed by atoms with Gasteiger partial charge in [0.15, 0.2) is 5.82 Å². The zero-order valence-electron chi connectivity index (χ0n) is 9.34. The Morgan fingerprint density at radius 3 is 2.83 bits per heavy atom. The Morgan fingerprint density at radius 1 is 1.44 bits per heavy atom. The summed E-state index contributed by atoms with van der Waals surface area (Å²) in [7, 11) is 0. The molecule has 0 fully saturated rings. The second-order valence-corrected chi connectivity index (χ2v) is 4.00. The van der Waals surface area contributed by atoms with Gasteiger partial charge in [-0.05, 0) is 12.5 Å². The highest BCUT2D eigenvalue weighted by Gasteiger charge is 2.26. The molecule has 1 aliphatic carbocycles. The molecule has 0 saturated carbocycles. The van der Waals surface area contributed by atoms with Gasteiger partial charge in [0.25, 0.3) is 5.91 Å². The summed E-state index contributed by atoms with van der Waals surface area (Å²) in [5.74, 6) is -2.81. The maximum atomic E-state index is 13.3. The lowest BCUT2D eigenvalue weighted by Gasteiger charge is -2.12. The molecular formula is C12H11FN2O3. The standard InChI is InChI=1S/C12H11FN2O3/c13-10-6-14-4-3-9(10)11(16)15-8-2-1-7(5-8)12(17)18/h1-4,6-8H,5H2,(H,15,16)(H,17,18). The van der Waals surface area contributed by atoms with Gasteiger partial charge in [0.1, 0.15) is 0 Å². The number of carboxylic acids is 1. The van der Waals surface area contributed by atoms with E-state index in [1.165, 1.54) is 18.3 Å². The number of hydrogen-bond acceptors (Lipinski definition) is 3. The third-order valence-corrected chi connectivity index (χ3v) is 2.73. The molecule has 2 atom stereocenters. The lowest BCUT2D eigenvalue weighted by molar-refractivity contribution is -0.140. The summed E-state index contributed by atoms with van der Waals surface area (Å²) in [6, 6.07) is 0.893. The van der Waals surface area contributed by atoms with Gasteiger partial charge in [0, 0.05) is 12.2 Å². The Balaban J connectivity index is 2.00. The van der Waals surface area contributed by atoms with Gasteiger partial charge in [0.05, 0.1) is 17.7 Å². The minimum atomic E-state index is -0.932. The Kier molecular flexibility index (Phi) is 3.36. The van der Waals surface area contributed by atoms with E-state index in [1.54, 1.807) is 6.08 Å². The average molecular weight is 250 g/mol. The van der Waals surface area contributed by atoms with Crippen LogP contribution in [0.25, 0.3) is 0 Å². The van der Waals surface area contributed by atoms with Gasteiger partial charge in [-0.2, -0.15) is 0 Å². The van der Waals surface area contributed by atoms with E-state index >= 15 is 0 Å². The van der Waals surface area contributed by atoms with Crippen LogP contribution in [-0.4, -0.2) is 28.0 Å². The smallest absolute Gasteiger partial charge is 0.310 e. The maximum absolute atomic E-state index is 13.3. The Labute approximate surface area is 102 Å². The third-order valence-electron chi connectivity index (χ3n) is 2.73. The van der Waals surface area contributed by atoms with Crippen LogP contribution in [0.1, 0.15) is 16.8 Å². The Bertz CT molecular complexity index is 516. The summed E-state index contributed by atoms with van der Waals surface area (Å²) in [6.07, 6.45) is 5.70. The SMILES string of the molecule is O=C(NC1C=CC(C(=O)O)C1)c1ccncc1F. The van der Waals surface area contributed by atoms with Crippen molar-refractivity contribution in [2.75, 3.05) is 0 Å². The molecule has 0 saturated heterocycles. The zero-order valence-corrected chi connectivity index (χ0v) is 9.34. The number of nitrogens with zero attached hydrogens (tertiary/aromatic N) is 1. The number of carboxylic acid groups (broad SMARTS) is 1. The number of nitrogens with one attached hydrogen (secondary N) is 1. The molecular weight excluding hydrogens is 239 g/mol. The molecule has 1 aromatic heterocycles. The molecule has 2 N–H and O–H groups in total. The van der Waals surface area contributed by atoms with Crippen molar-refractivity contribution in [3.05, 3.63) is 42.0 Å². The first-order valence-electron chi connectivity index (χ1n) is 5.39. The summed E-state index contributed by atoms with van der Waals surface area (Å²) in [6.45, 7) is 0. The lowest BCUT2D eigenvalue weighted by Crippen LogP contribution is -2.33. The van der Waals surface area contributed by atoms with Crippen molar-refractivity contribution < 1.29 is 19.1 Å². The molecule has 1 amide bonds. The molecule has 5 nitrogen and oxygen atoms in total. The van der Waals surface area contributed by atoms with Crippen molar-refractivity contribution in [1.29, 1.82) is 0 Å². The van der Waals surface area contributed by atoms with E-state index < -0.39 is 23.6 Å². The number of carbonyl (C=O) groups is 2. The normalized spacial score (nSPS) is 21.8. The predicted molar refractivity (Wildman–Crippen MR) is 60.3 cm³/mol. The van der Waals surface area contributed by atoms with Crippen LogP contribution in [0.15, 0.2) is 30.6 Å². The molecule has 0 aromatic carbocycles. The van der Waals surface area contributed by atoms with Crippen molar-refractivity contribution in [2.45, 2.75) is 12.5 Å². The van der Waals surface area contributed by atoms with E-state index in [-0.39, 0.29) is 18.0 Å². The van der Waals surface area contributed by atoms with Gasteiger partial charge >= 0.3 is 5.97 Å². The van der Waals surface area contributed by atoms with Gasteiger partial charge < -0.3 is 10.4 Å². The molecule has 1 aliphatic rings. The molecule has 0 spiro atoms. The highest BCUT2D eigenvalue weighted by atomic mass is 19.1.